The maximum atomic E-state index is 11.3. The molecule has 0 saturated carbocycles. The van der Waals surface area contributed by atoms with Gasteiger partial charge in [-0.25, -0.2) is 4.98 Å². The first kappa shape index (κ1) is 14.8. The van der Waals surface area contributed by atoms with E-state index in [1.807, 2.05) is 20.0 Å². The Kier molecular flexibility index (Phi) is 5.81. The average Bonchev–Trinajstić information content (AvgIpc) is 2.70. The number of carboxylic acids is 1. The fraction of sp³-hybridized carbons (Fsp3) is 0.636. The molecule has 0 aliphatic carbocycles. The summed E-state index contributed by atoms with van der Waals surface area (Å²) in [6, 6.07) is 0. The van der Waals surface area contributed by atoms with Crippen molar-refractivity contribution in [3.63, 3.8) is 0 Å². The smallest absolute Gasteiger partial charge is 0.310 e. The van der Waals surface area contributed by atoms with Crippen molar-refractivity contribution in [1.29, 1.82) is 0 Å². The minimum Gasteiger partial charge on any atom is -0.481 e. The molecule has 1 heterocycles. The zero-order valence-electron chi connectivity index (χ0n) is 9.99. The van der Waals surface area contributed by atoms with E-state index in [9.17, 15) is 9.90 Å². The first-order valence-electron chi connectivity index (χ1n) is 5.58. The quantitative estimate of drug-likeness (QED) is 0.727. The van der Waals surface area contributed by atoms with E-state index in [1.165, 1.54) is 0 Å². The van der Waals surface area contributed by atoms with Crippen LogP contribution in [0.4, 0.5) is 0 Å². The van der Waals surface area contributed by atoms with Crippen molar-refractivity contribution < 1.29 is 9.90 Å². The number of halogens is 1. The third kappa shape index (κ3) is 3.89. The van der Waals surface area contributed by atoms with Crippen molar-refractivity contribution >= 4 is 39.9 Å². The number of nitrogens with one attached hydrogen (secondary N) is 1. The summed E-state index contributed by atoms with van der Waals surface area (Å²) in [6.07, 6.45) is 3.11. The van der Waals surface area contributed by atoms with Crippen LogP contribution in [-0.2, 0) is 11.3 Å². The van der Waals surface area contributed by atoms with Crippen LogP contribution in [0.3, 0.4) is 0 Å². The monoisotopic (exact) mass is 368 g/mol. The first-order valence-corrected chi connectivity index (χ1v) is 7.48. The summed E-state index contributed by atoms with van der Waals surface area (Å²) in [5, 5.41) is 13.5. The van der Waals surface area contributed by atoms with Crippen molar-refractivity contribution in [2.24, 2.45) is 5.41 Å². The number of rotatable bonds is 7. The van der Waals surface area contributed by atoms with Gasteiger partial charge < -0.3 is 10.4 Å². The molecule has 1 aromatic heterocycles. The third-order valence-corrected chi connectivity index (χ3v) is 4.80. The molecular formula is C11H17IN2O2S. The molecule has 96 valence electrons. The highest BCUT2D eigenvalue weighted by Crippen LogP contribution is 2.26. The van der Waals surface area contributed by atoms with Crippen molar-refractivity contribution in [3.05, 3.63) is 14.1 Å². The summed E-state index contributed by atoms with van der Waals surface area (Å²) in [5.74, 6) is -0.719. The number of hydrogen-bond acceptors (Lipinski definition) is 4. The summed E-state index contributed by atoms with van der Waals surface area (Å²) in [7, 11) is 0. The van der Waals surface area contributed by atoms with E-state index in [0.717, 1.165) is 7.89 Å². The van der Waals surface area contributed by atoms with Gasteiger partial charge >= 0.3 is 5.97 Å². The molecule has 0 atom stereocenters. The van der Waals surface area contributed by atoms with Gasteiger partial charge in [-0.3, -0.25) is 4.79 Å². The van der Waals surface area contributed by atoms with Crippen LogP contribution in [0.2, 0.25) is 0 Å². The summed E-state index contributed by atoms with van der Waals surface area (Å²) < 4.78 is 1.15. The predicted molar refractivity (Wildman–Crippen MR) is 77.2 cm³/mol. The molecule has 0 radical (unpaired) electrons. The van der Waals surface area contributed by atoms with E-state index in [4.69, 9.17) is 0 Å². The van der Waals surface area contributed by atoms with Gasteiger partial charge in [0.1, 0.15) is 5.01 Å². The van der Waals surface area contributed by atoms with Crippen LogP contribution < -0.4 is 5.32 Å². The standard InChI is InChI=1S/C11H17IN2O2S/c1-3-11(4-2,10(15)16)7-13-6-9-14-5-8(12)17-9/h5,13H,3-4,6-7H2,1-2H3,(H,15,16). The highest BCUT2D eigenvalue weighted by Gasteiger charge is 2.34. The SMILES string of the molecule is CCC(CC)(CNCc1ncc(I)s1)C(=O)O. The molecule has 0 aromatic carbocycles. The van der Waals surface area contributed by atoms with Crippen LogP contribution in [-0.4, -0.2) is 22.6 Å². The van der Waals surface area contributed by atoms with E-state index >= 15 is 0 Å². The van der Waals surface area contributed by atoms with E-state index in [2.05, 4.69) is 32.9 Å². The number of carboxylic acid groups (broad SMARTS) is 1. The maximum Gasteiger partial charge on any atom is 0.310 e. The normalized spacial score (nSPS) is 11.7. The fourth-order valence-corrected chi connectivity index (χ4v) is 3.17. The molecule has 6 heteroatoms. The van der Waals surface area contributed by atoms with Crippen molar-refractivity contribution in [1.82, 2.24) is 10.3 Å². The molecule has 1 rings (SSSR count). The second-order valence-electron chi connectivity index (χ2n) is 3.95. The molecule has 1 aromatic rings. The maximum absolute atomic E-state index is 11.3. The van der Waals surface area contributed by atoms with Crippen LogP contribution in [0, 0.1) is 8.30 Å². The Hall–Kier alpha value is -0.210. The molecule has 0 fully saturated rings. The molecule has 0 spiro atoms. The van der Waals surface area contributed by atoms with Gasteiger partial charge in [-0.15, -0.1) is 11.3 Å². The van der Waals surface area contributed by atoms with Crippen molar-refractivity contribution in [3.8, 4) is 0 Å². The van der Waals surface area contributed by atoms with Gasteiger partial charge in [0.15, 0.2) is 0 Å². The predicted octanol–water partition coefficient (Wildman–Crippen LogP) is 2.73. The van der Waals surface area contributed by atoms with Gasteiger partial charge in [-0.05, 0) is 35.4 Å². The number of carbonyl (C=O) groups is 1. The highest BCUT2D eigenvalue weighted by atomic mass is 127. The third-order valence-electron chi connectivity index (χ3n) is 3.07. The molecule has 0 bridgehead atoms. The summed E-state index contributed by atoms with van der Waals surface area (Å²) in [6.45, 7) is 4.98. The van der Waals surface area contributed by atoms with E-state index < -0.39 is 11.4 Å². The second-order valence-corrected chi connectivity index (χ2v) is 6.96. The Morgan fingerprint density at radius 3 is 2.65 bits per heavy atom. The topological polar surface area (TPSA) is 62.2 Å². The molecule has 0 unspecified atom stereocenters. The molecular weight excluding hydrogens is 351 g/mol. The van der Waals surface area contributed by atoms with Crippen LogP contribution >= 0.6 is 33.9 Å². The zero-order valence-corrected chi connectivity index (χ0v) is 13.0. The zero-order chi connectivity index (χ0) is 12.9. The molecule has 0 aliphatic heterocycles. The van der Waals surface area contributed by atoms with E-state index in [1.54, 1.807) is 11.3 Å². The molecule has 0 saturated heterocycles. The van der Waals surface area contributed by atoms with Gasteiger partial charge in [-0.2, -0.15) is 0 Å². The number of aromatic nitrogens is 1. The number of nitrogens with zero attached hydrogens (tertiary/aromatic N) is 1. The van der Waals surface area contributed by atoms with Crippen LogP contribution in [0.25, 0.3) is 0 Å². The van der Waals surface area contributed by atoms with E-state index in [-0.39, 0.29) is 0 Å². The number of hydrogen-bond donors (Lipinski definition) is 2. The van der Waals surface area contributed by atoms with Crippen LogP contribution in [0.1, 0.15) is 31.7 Å². The van der Waals surface area contributed by atoms with Gasteiger partial charge in [0.05, 0.1) is 14.5 Å². The Labute approximate surface area is 119 Å². The molecule has 0 aliphatic rings. The lowest BCUT2D eigenvalue weighted by Gasteiger charge is -2.26. The first-order chi connectivity index (χ1) is 8.04. The minimum atomic E-state index is -0.719. The molecule has 2 N–H and O–H groups in total. The van der Waals surface area contributed by atoms with Crippen molar-refractivity contribution in [2.45, 2.75) is 33.2 Å². The van der Waals surface area contributed by atoms with Gasteiger partial charge in [0.25, 0.3) is 0 Å². The molecule has 17 heavy (non-hydrogen) atoms. The highest BCUT2D eigenvalue weighted by molar-refractivity contribution is 14.1. The Balaban J connectivity index is 2.50. The molecule has 0 amide bonds. The minimum absolute atomic E-state index is 0.492. The largest absolute Gasteiger partial charge is 0.481 e. The summed E-state index contributed by atoms with van der Waals surface area (Å²) in [5.41, 5.74) is -0.648. The lowest BCUT2D eigenvalue weighted by Crippen LogP contribution is -2.39. The van der Waals surface area contributed by atoms with E-state index in [0.29, 0.717) is 25.9 Å². The Morgan fingerprint density at radius 2 is 2.24 bits per heavy atom. The average molecular weight is 368 g/mol. The second kappa shape index (κ2) is 6.65. The lowest BCUT2D eigenvalue weighted by molar-refractivity contribution is -0.149. The van der Waals surface area contributed by atoms with Crippen LogP contribution in [0.5, 0.6) is 0 Å². The molecule has 4 nitrogen and oxygen atoms in total. The van der Waals surface area contributed by atoms with Crippen LogP contribution in [0.15, 0.2) is 6.20 Å². The summed E-state index contributed by atoms with van der Waals surface area (Å²) >= 11 is 3.86. The lowest BCUT2D eigenvalue weighted by atomic mass is 9.82. The number of aliphatic carboxylic acids is 1. The fourth-order valence-electron chi connectivity index (χ4n) is 1.66. The van der Waals surface area contributed by atoms with Crippen molar-refractivity contribution in [2.75, 3.05) is 6.54 Å². The Bertz CT molecular complexity index is 377. The van der Waals surface area contributed by atoms with Gasteiger partial charge in [0, 0.05) is 13.1 Å². The summed E-state index contributed by atoms with van der Waals surface area (Å²) in [4.78, 5) is 15.5. The van der Waals surface area contributed by atoms with Gasteiger partial charge in [-0.1, -0.05) is 13.8 Å². The Morgan fingerprint density at radius 1 is 1.59 bits per heavy atom. The van der Waals surface area contributed by atoms with Gasteiger partial charge in [0.2, 0.25) is 0 Å². The number of thiazole rings is 1.